The van der Waals surface area contributed by atoms with Crippen molar-refractivity contribution in [2.45, 2.75) is 20.8 Å². The van der Waals surface area contributed by atoms with E-state index in [4.69, 9.17) is 0 Å². The van der Waals surface area contributed by atoms with Gasteiger partial charge in [-0.05, 0) is 23.6 Å². The highest BCUT2D eigenvalue weighted by Crippen LogP contribution is 1.91. The number of allylic oxidation sites excluding steroid dienone is 1. The molecule has 0 aliphatic carbocycles. The molecular formula is C12H16N2. The molecule has 0 bridgehead atoms. The van der Waals surface area contributed by atoms with Crippen LogP contribution >= 0.6 is 0 Å². The van der Waals surface area contributed by atoms with Gasteiger partial charge in [-0.15, -0.1) is 0 Å². The first kappa shape index (κ1) is 10.6. The summed E-state index contributed by atoms with van der Waals surface area (Å²) in [5.41, 5.74) is 1.13. The molecule has 0 N–H and O–H groups in total. The maximum atomic E-state index is 3.89. The van der Waals surface area contributed by atoms with E-state index in [1.54, 1.807) is 12.4 Å². The zero-order valence-electron chi connectivity index (χ0n) is 8.99. The van der Waals surface area contributed by atoms with Crippen molar-refractivity contribution in [1.29, 1.82) is 0 Å². The normalized spacial score (nSPS) is 14.4. The summed E-state index contributed by atoms with van der Waals surface area (Å²) in [7, 11) is 0. The Labute approximate surface area is 84.7 Å². The van der Waals surface area contributed by atoms with E-state index >= 15 is 0 Å². The SMILES string of the molecule is C=C/C(C)=c1/cnnc/c1=C/C(C)C. The van der Waals surface area contributed by atoms with Crippen LogP contribution in [0.25, 0.3) is 11.6 Å². The largest absolute Gasteiger partial charge is 0.159 e. The second-order valence-corrected chi connectivity index (χ2v) is 3.66. The van der Waals surface area contributed by atoms with Gasteiger partial charge in [0, 0.05) is 5.22 Å². The van der Waals surface area contributed by atoms with Crippen LogP contribution in [0.15, 0.2) is 25.0 Å². The Hall–Kier alpha value is -1.44. The Morgan fingerprint density at radius 1 is 1.36 bits per heavy atom. The lowest BCUT2D eigenvalue weighted by Crippen LogP contribution is -2.28. The topological polar surface area (TPSA) is 25.8 Å². The monoisotopic (exact) mass is 188 g/mol. The van der Waals surface area contributed by atoms with Crippen LogP contribution in [-0.4, -0.2) is 10.2 Å². The molecular weight excluding hydrogens is 172 g/mol. The third-order valence-corrected chi connectivity index (χ3v) is 2.01. The minimum atomic E-state index is 0.510. The first-order valence-corrected chi connectivity index (χ1v) is 4.77. The van der Waals surface area contributed by atoms with E-state index < -0.39 is 0 Å². The zero-order chi connectivity index (χ0) is 10.6. The maximum absolute atomic E-state index is 3.89. The van der Waals surface area contributed by atoms with Crippen molar-refractivity contribution < 1.29 is 0 Å². The summed E-state index contributed by atoms with van der Waals surface area (Å²) in [5.74, 6) is 0.510. The highest BCUT2D eigenvalue weighted by molar-refractivity contribution is 5.53. The van der Waals surface area contributed by atoms with Crippen LogP contribution in [0.2, 0.25) is 0 Å². The Bertz CT molecular complexity index is 430. The Kier molecular flexibility index (Phi) is 3.57. The third-order valence-electron chi connectivity index (χ3n) is 2.01. The fraction of sp³-hybridized carbons (Fsp3) is 0.333. The van der Waals surface area contributed by atoms with Crippen molar-refractivity contribution in [2.24, 2.45) is 5.92 Å². The fourth-order valence-electron chi connectivity index (χ4n) is 1.26. The van der Waals surface area contributed by atoms with Gasteiger partial charge in [0.1, 0.15) is 0 Å². The second-order valence-electron chi connectivity index (χ2n) is 3.66. The highest BCUT2D eigenvalue weighted by atomic mass is 15.1. The van der Waals surface area contributed by atoms with Crippen molar-refractivity contribution in [3.63, 3.8) is 0 Å². The van der Waals surface area contributed by atoms with Crippen molar-refractivity contribution >= 4 is 11.6 Å². The Balaban J connectivity index is 3.53. The predicted molar refractivity (Wildman–Crippen MR) is 59.9 cm³/mol. The molecule has 2 heteroatoms. The van der Waals surface area contributed by atoms with E-state index in [-0.39, 0.29) is 0 Å². The van der Waals surface area contributed by atoms with Gasteiger partial charge in [0.25, 0.3) is 0 Å². The number of hydrogen-bond donors (Lipinski definition) is 0. The molecule has 1 heterocycles. The van der Waals surface area contributed by atoms with Crippen LogP contribution < -0.4 is 10.4 Å². The van der Waals surface area contributed by atoms with E-state index in [0.717, 1.165) is 16.0 Å². The standard InChI is InChI=1S/C12H16N2/c1-5-10(4)12-8-14-13-7-11(12)6-9(2)3/h5-9H,1H2,2-4H3/b11-6-,12-10-. The molecule has 0 amide bonds. The van der Waals surface area contributed by atoms with Gasteiger partial charge in [0.15, 0.2) is 0 Å². The predicted octanol–water partition coefficient (Wildman–Crippen LogP) is 1.27. The summed E-state index contributed by atoms with van der Waals surface area (Å²) in [5, 5.41) is 10.0. The smallest absolute Gasteiger partial charge is 0.0577 e. The molecule has 0 radical (unpaired) electrons. The molecule has 0 saturated carbocycles. The molecule has 74 valence electrons. The lowest BCUT2D eigenvalue weighted by molar-refractivity contribution is 0.876. The quantitative estimate of drug-likeness (QED) is 0.698. The summed E-state index contributed by atoms with van der Waals surface area (Å²) in [4.78, 5) is 0. The number of nitrogens with zero attached hydrogens (tertiary/aromatic N) is 2. The highest BCUT2D eigenvalue weighted by Gasteiger charge is 1.91. The average molecular weight is 188 g/mol. The van der Waals surface area contributed by atoms with Gasteiger partial charge in [-0.25, -0.2) is 0 Å². The van der Waals surface area contributed by atoms with Crippen LogP contribution in [0.5, 0.6) is 0 Å². The molecule has 0 unspecified atom stereocenters. The molecule has 0 aliphatic rings. The summed E-state index contributed by atoms with van der Waals surface area (Å²) in [6.45, 7) is 10.1. The van der Waals surface area contributed by atoms with Crippen LogP contribution in [-0.2, 0) is 0 Å². The molecule has 1 rings (SSSR count). The molecule has 0 atom stereocenters. The fourth-order valence-corrected chi connectivity index (χ4v) is 1.26. The van der Waals surface area contributed by atoms with Gasteiger partial charge >= 0.3 is 0 Å². The van der Waals surface area contributed by atoms with Crippen LogP contribution in [0.4, 0.5) is 0 Å². The van der Waals surface area contributed by atoms with Gasteiger partial charge in [0.05, 0.1) is 12.4 Å². The molecule has 1 aromatic rings. The number of rotatable bonds is 2. The van der Waals surface area contributed by atoms with E-state index in [1.807, 2.05) is 13.0 Å². The van der Waals surface area contributed by atoms with E-state index in [9.17, 15) is 0 Å². The summed E-state index contributed by atoms with van der Waals surface area (Å²) >= 11 is 0. The van der Waals surface area contributed by atoms with Crippen molar-refractivity contribution in [3.8, 4) is 0 Å². The molecule has 0 spiro atoms. The summed E-state index contributed by atoms with van der Waals surface area (Å²) in [6.07, 6.45) is 7.60. The first-order valence-electron chi connectivity index (χ1n) is 4.77. The van der Waals surface area contributed by atoms with Crippen LogP contribution in [0.3, 0.4) is 0 Å². The van der Waals surface area contributed by atoms with Gasteiger partial charge in [-0.1, -0.05) is 32.6 Å². The van der Waals surface area contributed by atoms with E-state index in [1.165, 1.54) is 0 Å². The van der Waals surface area contributed by atoms with Crippen molar-refractivity contribution in [1.82, 2.24) is 10.2 Å². The third kappa shape index (κ3) is 2.52. The molecule has 0 fully saturated rings. The molecule has 14 heavy (non-hydrogen) atoms. The van der Waals surface area contributed by atoms with Gasteiger partial charge in [-0.3, -0.25) is 0 Å². The van der Waals surface area contributed by atoms with E-state index in [0.29, 0.717) is 5.92 Å². The lowest BCUT2D eigenvalue weighted by Gasteiger charge is -1.96. The molecule has 2 nitrogen and oxygen atoms in total. The first-order chi connectivity index (χ1) is 6.65. The minimum absolute atomic E-state index is 0.510. The van der Waals surface area contributed by atoms with Crippen molar-refractivity contribution in [2.75, 3.05) is 0 Å². The average Bonchev–Trinajstić information content (AvgIpc) is 2.16. The van der Waals surface area contributed by atoms with Crippen LogP contribution in [0.1, 0.15) is 20.8 Å². The van der Waals surface area contributed by atoms with Gasteiger partial charge in [-0.2, -0.15) is 10.2 Å². The zero-order valence-corrected chi connectivity index (χ0v) is 8.99. The minimum Gasteiger partial charge on any atom is -0.159 e. The summed E-state index contributed by atoms with van der Waals surface area (Å²) in [6, 6.07) is 0. The van der Waals surface area contributed by atoms with Crippen molar-refractivity contribution in [3.05, 3.63) is 35.5 Å². The lowest BCUT2D eigenvalue weighted by atomic mass is 10.1. The molecule has 1 aromatic heterocycles. The molecule has 0 saturated heterocycles. The Morgan fingerprint density at radius 3 is 2.57 bits per heavy atom. The van der Waals surface area contributed by atoms with E-state index in [2.05, 4.69) is 36.7 Å². The number of hydrogen-bond acceptors (Lipinski definition) is 2. The van der Waals surface area contributed by atoms with Gasteiger partial charge in [0.2, 0.25) is 0 Å². The summed E-state index contributed by atoms with van der Waals surface area (Å²) < 4.78 is 0. The molecule has 0 aliphatic heterocycles. The van der Waals surface area contributed by atoms with Gasteiger partial charge < -0.3 is 0 Å². The number of aromatic nitrogens is 2. The van der Waals surface area contributed by atoms with Crippen LogP contribution in [0, 0.1) is 5.92 Å². The molecule has 0 aromatic carbocycles. The Morgan fingerprint density at radius 2 is 2.00 bits per heavy atom. The maximum Gasteiger partial charge on any atom is 0.0577 e. The second kappa shape index (κ2) is 4.70.